The molecule has 1 saturated heterocycles. The Morgan fingerprint density at radius 1 is 1.18 bits per heavy atom. The van der Waals surface area contributed by atoms with Gasteiger partial charge >= 0.3 is 5.97 Å². The molecule has 3 rings (SSSR count). The van der Waals surface area contributed by atoms with E-state index in [1.54, 1.807) is 37.3 Å². The molecule has 0 aromatic heterocycles. The fraction of sp³-hybridized carbons (Fsp3) is 0.261. The molecule has 178 valence electrons. The fourth-order valence-electron chi connectivity index (χ4n) is 3.16. The number of thioether (sulfide) groups is 1. The van der Waals surface area contributed by atoms with Crippen LogP contribution in [0.3, 0.4) is 0 Å². The maximum absolute atomic E-state index is 12.7. The van der Waals surface area contributed by atoms with Gasteiger partial charge in [-0.3, -0.25) is 24.6 Å². The zero-order valence-electron chi connectivity index (χ0n) is 18.7. The maximum atomic E-state index is 12.7. The number of carbonyl (C=O) groups excluding carboxylic acids is 3. The van der Waals surface area contributed by atoms with Crippen LogP contribution < -0.4 is 9.47 Å². The van der Waals surface area contributed by atoms with Crippen molar-refractivity contribution in [3.63, 3.8) is 0 Å². The molecule has 1 fully saturated rings. The van der Waals surface area contributed by atoms with Crippen molar-refractivity contribution in [2.45, 2.75) is 26.5 Å². The number of carbonyl (C=O) groups is 3. The zero-order chi connectivity index (χ0) is 24.8. The summed E-state index contributed by atoms with van der Waals surface area (Å²) in [5, 5.41) is 10.4. The summed E-state index contributed by atoms with van der Waals surface area (Å²) in [6.45, 7) is 3.66. The van der Waals surface area contributed by atoms with Gasteiger partial charge in [-0.1, -0.05) is 18.2 Å². The molecule has 11 heteroatoms. The predicted octanol–water partition coefficient (Wildman–Crippen LogP) is 4.17. The minimum atomic E-state index is -1.04. The lowest BCUT2D eigenvalue weighted by Crippen LogP contribution is -2.42. The van der Waals surface area contributed by atoms with Gasteiger partial charge in [-0.15, -0.1) is 0 Å². The van der Waals surface area contributed by atoms with E-state index in [4.69, 9.17) is 9.47 Å². The summed E-state index contributed by atoms with van der Waals surface area (Å²) in [5.41, 5.74) is 1.17. The summed E-state index contributed by atoms with van der Waals surface area (Å²) in [6, 6.07) is 10.1. The van der Waals surface area contributed by atoms with Gasteiger partial charge in [-0.25, -0.2) is 4.79 Å². The van der Waals surface area contributed by atoms with Gasteiger partial charge in [0, 0.05) is 12.1 Å². The Morgan fingerprint density at radius 3 is 2.62 bits per heavy atom. The van der Waals surface area contributed by atoms with E-state index >= 15 is 0 Å². The van der Waals surface area contributed by atoms with E-state index in [0.29, 0.717) is 29.2 Å². The van der Waals surface area contributed by atoms with Crippen molar-refractivity contribution in [2.75, 3.05) is 13.7 Å². The van der Waals surface area contributed by atoms with E-state index in [9.17, 15) is 24.5 Å². The molecule has 2 aromatic carbocycles. The highest BCUT2D eigenvalue weighted by molar-refractivity contribution is 8.18. The van der Waals surface area contributed by atoms with Gasteiger partial charge in [0.05, 0.1) is 23.5 Å². The highest BCUT2D eigenvalue weighted by atomic mass is 32.2. The van der Waals surface area contributed by atoms with E-state index < -0.39 is 28.1 Å². The summed E-state index contributed by atoms with van der Waals surface area (Å²) in [5.74, 6) is -0.453. The number of rotatable bonds is 9. The van der Waals surface area contributed by atoms with Gasteiger partial charge in [0.2, 0.25) is 0 Å². The molecule has 0 aliphatic carbocycles. The number of esters is 1. The number of nitro groups is 1. The van der Waals surface area contributed by atoms with Crippen molar-refractivity contribution < 1.29 is 33.5 Å². The summed E-state index contributed by atoms with van der Waals surface area (Å²) in [7, 11) is 1.19. The van der Waals surface area contributed by atoms with Gasteiger partial charge in [-0.2, -0.15) is 0 Å². The van der Waals surface area contributed by atoms with Gasteiger partial charge < -0.3 is 14.2 Å². The van der Waals surface area contributed by atoms with E-state index in [1.165, 1.54) is 32.2 Å². The number of methoxy groups -OCH3 is 1. The lowest BCUT2D eigenvalue weighted by atomic mass is 10.1. The van der Waals surface area contributed by atoms with Gasteiger partial charge in [0.25, 0.3) is 16.8 Å². The van der Waals surface area contributed by atoms with Crippen molar-refractivity contribution >= 4 is 40.6 Å². The van der Waals surface area contributed by atoms with Gasteiger partial charge in [-0.05, 0) is 54.9 Å². The second-order valence-electron chi connectivity index (χ2n) is 7.11. The number of nitrogens with zero attached hydrogens (tertiary/aromatic N) is 2. The van der Waals surface area contributed by atoms with Crippen LogP contribution in [0.2, 0.25) is 0 Å². The number of ether oxygens (including phenoxy) is 3. The molecule has 0 N–H and O–H groups in total. The molecule has 10 nitrogen and oxygen atoms in total. The number of benzene rings is 2. The predicted molar refractivity (Wildman–Crippen MR) is 124 cm³/mol. The second kappa shape index (κ2) is 10.8. The third-order valence-corrected chi connectivity index (χ3v) is 5.72. The molecule has 0 bridgehead atoms. The minimum absolute atomic E-state index is 0.0306. The van der Waals surface area contributed by atoms with Crippen LogP contribution in [0.1, 0.15) is 25.0 Å². The molecule has 1 aliphatic heterocycles. The molecule has 0 radical (unpaired) electrons. The van der Waals surface area contributed by atoms with E-state index in [-0.39, 0.29) is 17.2 Å². The average molecular weight is 487 g/mol. The van der Waals surface area contributed by atoms with E-state index in [0.717, 1.165) is 16.7 Å². The maximum Gasteiger partial charge on any atom is 0.328 e. The smallest absolute Gasteiger partial charge is 0.328 e. The lowest BCUT2D eigenvalue weighted by Gasteiger charge is -2.18. The number of hydrogen-bond donors (Lipinski definition) is 0. The van der Waals surface area contributed by atoms with Crippen molar-refractivity contribution in [2.24, 2.45) is 0 Å². The summed E-state index contributed by atoms with van der Waals surface area (Å²) in [4.78, 5) is 48.3. The number of nitro benzene ring substituents is 1. The summed E-state index contributed by atoms with van der Waals surface area (Å²) >= 11 is 0.731. The molecular formula is C23H22N2O8S. The zero-order valence-corrected chi connectivity index (χ0v) is 19.5. The summed E-state index contributed by atoms with van der Waals surface area (Å²) < 4.78 is 16.1. The topological polar surface area (TPSA) is 125 Å². The molecule has 0 saturated carbocycles. The molecule has 2 aromatic rings. The van der Waals surface area contributed by atoms with E-state index in [1.807, 2.05) is 0 Å². The Labute approximate surface area is 199 Å². The van der Waals surface area contributed by atoms with Crippen LogP contribution in [0.15, 0.2) is 47.4 Å². The van der Waals surface area contributed by atoms with E-state index in [2.05, 4.69) is 4.74 Å². The molecular weight excluding hydrogens is 464 g/mol. The summed E-state index contributed by atoms with van der Waals surface area (Å²) in [6.07, 6.45) is 1.53. The Balaban J connectivity index is 1.80. The van der Waals surface area contributed by atoms with Crippen LogP contribution in [0.5, 0.6) is 11.5 Å². The SMILES string of the molecule is CCOc1cc(/C=C2/SC(=O)N([C@H](C)C(=O)OC)C2=O)ccc1OCc1cccc([N+](=O)[O-])c1. The Kier molecular flexibility index (Phi) is 7.90. The molecule has 1 heterocycles. The monoisotopic (exact) mass is 486 g/mol. The third kappa shape index (κ3) is 5.54. The Morgan fingerprint density at radius 2 is 1.94 bits per heavy atom. The molecule has 2 amide bonds. The largest absolute Gasteiger partial charge is 0.490 e. The minimum Gasteiger partial charge on any atom is -0.490 e. The normalized spacial score (nSPS) is 15.4. The van der Waals surface area contributed by atoms with Crippen LogP contribution in [0, 0.1) is 10.1 Å². The van der Waals surface area contributed by atoms with Gasteiger partial charge in [0.1, 0.15) is 12.6 Å². The van der Waals surface area contributed by atoms with Crippen LogP contribution in [0.25, 0.3) is 6.08 Å². The highest BCUT2D eigenvalue weighted by Crippen LogP contribution is 2.36. The fourth-order valence-corrected chi connectivity index (χ4v) is 4.07. The Bertz CT molecular complexity index is 1160. The van der Waals surface area contributed by atoms with Crippen LogP contribution in [0.4, 0.5) is 10.5 Å². The van der Waals surface area contributed by atoms with Crippen LogP contribution in [-0.4, -0.2) is 46.7 Å². The number of imide groups is 1. The first-order valence-electron chi connectivity index (χ1n) is 10.2. The van der Waals surface area contributed by atoms with Crippen molar-refractivity contribution in [3.8, 4) is 11.5 Å². The molecule has 0 spiro atoms. The first-order chi connectivity index (χ1) is 16.2. The van der Waals surface area contributed by atoms with Crippen molar-refractivity contribution in [1.82, 2.24) is 4.90 Å². The molecule has 1 atom stereocenters. The Hall–Kier alpha value is -3.86. The third-order valence-electron chi connectivity index (χ3n) is 4.83. The van der Waals surface area contributed by atoms with Crippen molar-refractivity contribution in [3.05, 3.63) is 68.6 Å². The first-order valence-corrected chi connectivity index (χ1v) is 11.0. The molecule has 1 aliphatic rings. The van der Waals surface area contributed by atoms with Crippen LogP contribution in [-0.2, 0) is 20.9 Å². The quantitative estimate of drug-likeness (QED) is 0.222. The molecule has 0 unspecified atom stereocenters. The highest BCUT2D eigenvalue weighted by Gasteiger charge is 2.41. The standard InChI is InChI=1S/C23H22N2O8S/c1-4-32-19-11-15(12-20-21(26)24(23(28)34-20)14(2)22(27)31-3)8-9-18(19)33-13-16-6-5-7-17(10-16)25(29)30/h5-12,14H,4,13H2,1-3H3/b20-12+/t14-/m1/s1. The number of amides is 2. The molecule has 34 heavy (non-hydrogen) atoms. The number of hydrogen-bond acceptors (Lipinski definition) is 9. The number of non-ortho nitro benzene ring substituents is 1. The van der Waals surface area contributed by atoms with Crippen molar-refractivity contribution in [1.29, 1.82) is 0 Å². The van der Waals surface area contributed by atoms with Crippen LogP contribution >= 0.6 is 11.8 Å². The second-order valence-corrected chi connectivity index (χ2v) is 8.10. The average Bonchev–Trinajstić information content (AvgIpc) is 3.10. The first kappa shape index (κ1) is 24.8. The van der Waals surface area contributed by atoms with Gasteiger partial charge in [0.15, 0.2) is 11.5 Å². The lowest BCUT2D eigenvalue weighted by molar-refractivity contribution is -0.384.